The molecule has 2 aromatic rings. The van der Waals surface area contributed by atoms with E-state index in [0.717, 1.165) is 11.3 Å². The topological polar surface area (TPSA) is 20.3 Å². The van der Waals surface area contributed by atoms with E-state index in [9.17, 15) is 4.79 Å². The first-order chi connectivity index (χ1) is 10.0. The van der Waals surface area contributed by atoms with Crippen LogP contribution in [0, 0.1) is 5.41 Å². The first-order valence-corrected chi connectivity index (χ1v) is 7.55. The van der Waals surface area contributed by atoms with Gasteiger partial charge in [-0.25, -0.2) is 0 Å². The predicted octanol–water partition coefficient (Wildman–Crippen LogP) is 4.48. The molecule has 3 heteroatoms. The van der Waals surface area contributed by atoms with Gasteiger partial charge in [0.15, 0.2) is 0 Å². The normalized spacial score (nSPS) is 11.2. The lowest BCUT2D eigenvalue weighted by atomic mass is 9.93. The Balaban J connectivity index is 2.34. The van der Waals surface area contributed by atoms with Gasteiger partial charge in [0.2, 0.25) is 5.91 Å². The molecule has 1 amide bonds. The Morgan fingerprint density at radius 3 is 2.05 bits per heavy atom. The summed E-state index contributed by atoms with van der Waals surface area (Å²) < 4.78 is 0. The maximum Gasteiger partial charge on any atom is 0.234 e. The van der Waals surface area contributed by atoms with E-state index in [4.69, 9.17) is 11.6 Å². The molecule has 21 heavy (non-hydrogen) atoms. The van der Waals surface area contributed by atoms with Gasteiger partial charge >= 0.3 is 0 Å². The summed E-state index contributed by atoms with van der Waals surface area (Å²) in [4.78, 5) is 14.6. The molecule has 0 radical (unpaired) electrons. The number of anilines is 1. The zero-order valence-electron chi connectivity index (χ0n) is 12.4. The molecular weight excluding hydrogens is 282 g/mol. The molecule has 0 aliphatic rings. The molecule has 0 atom stereocenters. The summed E-state index contributed by atoms with van der Waals surface area (Å²) in [7, 11) is 0. The molecule has 0 aliphatic carbocycles. The molecule has 0 saturated carbocycles. The van der Waals surface area contributed by atoms with Crippen LogP contribution in [0.2, 0.25) is 0 Å². The number of hydrogen-bond acceptors (Lipinski definition) is 1. The van der Waals surface area contributed by atoms with E-state index in [0.29, 0.717) is 12.4 Å². The maximum absolute atomic E-state index is 12.8. The zero-order valence-corrected chi connectivity index (χ0v) is 13.2. The molecule has 0 saturated heterocycles. The van der Waals surface area contributed by atoms with E-state index in [1.807, 2.05) is 74.5 Å². The number of nitrogens with zero attached hydrogens (tertiary/aromatic N) is 1. The molecule has 0 aliphatic heterocycles. The standard InChI is InChI=1S/C18H20ClNO/c1-18(2,14-19)17(21)20(16-11-7-4-8-12-16)13-15-9-5-3-6-10-15/h3-12H,13-14H2,1-2H3. The highest BCUT2D eigenvalue weighted by Gasteiger charge is 2.32. The second-order valence-electron chi connectivity index (χ2n) is 5.73. The summed E-state index contributed by atoms with van der Waals surface area (Å²) in [6.07, 6.45) is 0. The summed E-state index contributed by atoms with van der Waals surface area (Å²) in [6.45, 7) is 4.30. The van der Waals surface area contributed by atoms with Gasteiger partial charge in [-0.15, -0.1) is 11.6 Å². The van der Waals surface area contributed by atoms with Crippen LogP contribution in [0.15, 0.2) is 60.7 Å². The van der Waals surface area contributed by atoms with Crippen molar-refractivity contribution >= 4 is 23.2 Å². The Kier molecular flexibility index (Phi) is 5.03. The Hall–Kier alpha value is -1.80. The van der Waals surface area contributed by atoms with Crippen molar-refractivity contribution in [1.82, 2.24) is 0 Å². The van der Waals surface area contributed by atoms with Crippen LogP contribution >= 0.6 is 11.6 Å². The van der Waals surface area contributed by atoms with Gasteiger partial charge in [0.1, 0.15) is 0 Å². The Morgan fingerprint density at radius 2 is 1.52 bits per heavy atom. The average Bonchev–Trinajstić information content (AvgIpc) is 2.53. The van der Waals surface area contributed by atoms with Crippen molar-refractivity contribution in [3.63, 3.8) is 0 Å². The fourth-order valence-corrected chi connectivity index (χ4v) is 2.19. The maximum atomic E-state index is 12.8. The molecule has 2 nitrogen and oxygen atoms in total. The van der Waals surface area contributed by atoms with Gasteiger partial charge in [-0.2, -0.15) is 0 Å². The molecule has 0 N–H and O–H groups in total. The van der Waals surface area contributed by atoms with Gasteiger partial charge in [0, 0.05) is 11.6 Å². The first-order valence-electron chi connectivity index (χ1n) is 7.01. The second-order valence-corrected chi connectivity index (χ2v) is 6.00. The summed E-state index contributed by atoms with van der Waals surface area (Å²) >= 11 is 5.98. The van der Waals surface area contributed by atoms with Crippen molar-refractivity contribution in [2.45, 2.75) is 20.4 Å². The molecule has 110 valence electrons. The van der Waals surface area contributed by atoms with Crippen LogP contribution in [0.25, 0.3) is 0 Å². The largest absolute Gasteiger partial charge is 0.308 e. The van der Waals surface area contributed by atoms with Gasteiger partial charge in [0.25, 0.3) is 0 Å². The van der Waals surface area contributed by atoms with Crippen LogP contribution < -0.4 is 4.90 Å². The number of benzene rings is 2. The third-order valence-corrected chi connectivity index (χ3v) is 4.08. The van der Waals surface area contributed by atoms with E-state index in [1.165, 1.54) is 0 Å². The molecule has 2 rings (SSSR count). The van der Waals surface area contributed by atoms with Crippen LogP contribution in [0.1, 0.15) is 19.4 Å². The Bertz CT molecular complexity index is 581. The molecule has 0 unspecified atom stereocenters. The van der Waals surface area contributed by atoms with Gasteiger partial charge < -0.3 is 4.90 Å². The number of rotatable bonds is 5. The quantitative estimate of drug-likeness (QED) is 0.745. The molecule has 0 fully saturated rings. The van der Waals surface area contributed by atoms with E-state index < -0.39 is 5.41 Å². The van der Waals surface area contributed by atoms with Crippen molar-refractivity contribution in [3.8, 4) is 0 Å². The minimum absolute atomic E-state index is 0.0348. The van der Waals surface area contributed by atoms with Gasteiger partial charge in [-0.3, -0.25) is 4.79 Å². The fraction of sp³-hybridized carbons (Fsp3) is 0.278. The highest BCUT2D eigenvalue weighted by Crippen LogP contribution is 2.26. The number of hydrogen-bond donors (Lipinski definition) is 0. The van der Waals surface area contributed by atoms with Crippen molar-refractivity contribution in [2.75, 3.05) is 10.8 Å². The molecule has 0 spiro atoms. The van der Waals surface area contributed by atoms with Crippen molar-refractivity contribution in [3.05, 3.63) is 66.2 Å². The van der Waals surface area contributed by atoms with Crippen molar-refractivity contribution in [2.24, 2.45) is 5.41 Å². The number of carbonyl (C=O) groups excluding carboxylic acids is 1. The SMILES string of the molecule is CC(C)(CCl)C(=O)N(Cc1ccccc1)c1ccccc1. The fourth-order valence-electron chi connectivity index (χ4n) is 2.08. The van der Waals surface area contributed by atoms with Gasteiger partial charge in [-0.05, 0) is 31.5 Å². The van der Waals surface area contributed by atoms with Gasteiger partial charge in [-0.1, -0.05) is 48.5 Å². The molecule has 2 aromatic carbocycles. The lowest BCUT2D eigenvalue weighted by molar-refractivity contribution is -0.125. The summed E-state index contributed by atoms with van der Waals surface area (Å²) in [5, 5.41) is 0. The monoisotopic (exact) mass is 301 g/mol. The number of carbonyl (C=O) groups is 1. The van der Waals surface area contributed by atoms with Crippen LogP contribution in [-0.4, -0.2) is 11.8 Å². The number of alkyl halides is 1. The lowest BCUT2D eigenvalue weighted by Gasteiger charge is -2.31. The smallest absolute Gasteiger partial charge is 0.234 e. The van der Waals surface area contributed by atoms with Crippen LogP contribution in [0.4, 0.5) is 5.69 Å². The predicted molar refractivity (Wildman–Crippen MR) is 88.6 cm³/mol. The minimum Gasteiger partial charge on any atom is -0.308 e. The third-order valence-electron chi connectivity index (χ3n) is 3.41. The number of para-hydroxylation sites is 1. The van der Waals surface area contributed by atoms with Crippen molar-refractivity contribution in [1.29, 1.82) is 0 Å². The molecule has 0 bridgehead atoms. The first kappa shape index (κ1) is 15.6. The highest BCUT2D eigenvalue weighted by molar-refractivity contribution is 6.20. The molecule has 0 heterocycles. The number of halogens is 1. The number of amides is 1. The summed E-state index contributed by atoms with van der Waals surface area (Å²) in [5.41, 5.74) is 1.40. The summed E-state index contributed by atoms with van der Waals surface area (Å²) in [5.74, 6) is 0.330. The highest BCUT2D eigenvalue weighted by atomic mass is 35.5. The third kappa shape index (κ3) is 3.85. The summed E-state index contributed by atoms with van der Waals surface area (Å²) in [6, 6.07) is 19.7. The van der Waals surface area contributed by atoms with Crippen LogP contribution in [0.3, 0.4) is 0 Å². The minimum atomic E-state index is -0.591. The van der Waals surface area contributed by atoms with Crippen LogP contribution in [0.5, 0.6) is 0 Å². The van der Waals surface area contributed by atoms with E-state index in [-0.39, 0.29) is 5.91 Å². The van der Waals surface area contributed by atoms with Gasteiger partial charge in [0.05, 0.1) is 12.0 Å². The Morgan fingerprint density at radius 1 is 1.00 bits per heavy atom. The van der Waals surface area contributed by atoms with E-state index in [2.05, 4.69) is 0 Å². The van der Waals surface area contributed by atoms with Crippen molar-refractivity contribution < 1.29 is 4.79 Å². The van der Waals surface area contributed by atoms with E-state index in [1.54, 1.807) is 4.90 Å². The molecular formula is C18H20ClNO. The second kappa shape index (κ2) is 6.77. The molecule has 0 aromatic heterocycles. The lowest BCUT2D eigenvalue weighted by Crippen LogP contribution is -2.41. The average molecular weight is 302 g/mol. The van der Waals surface area contributed by atoms with E-state index >= 15 is 0 Å². The van der Waals surface area contributed by atoms with Crippen LogP contribution in [-0.2, 0) is 11.3 Å². The zero-order chi connectivity index (χ0) is 15.3. The Labute approximate surface area is 131 Å².